The summed E-state index contributed by atoms with van der Waals surface area (Å²) >= 11 is 0. The van der Waals surface area contributed by atoms with Crippen molar-refractivity contribution < 1.29 is 4.79 Å². The Hall–Kier alpha value is -0.320. The minimum Gasteiger partial charge on any atom is -0.353 e. The van der Waals surface area contributed by atoms with Crippen molar-refractivity contribution in [3.05, 3.63) is 0 Å². The second kappa shape index (κ2) is 8.73. The molecule has 1 heterocycles. The lowest BCUT2D eigenvalue weighted by molar-refractivity contribution is -0.123. The highest BCUT2D eigenvalue weighted by Crippen LogP contribution is 2.18. The topological polar surface area (TPSA) is 58.4 Å². The van der Waals surface area contributed by atoms with Crippen molar-refractivity contribution in [2.24, 2.45) is 5.73 Å². The van der Waals surface area contributed by atoms with E-state index in [2.05, 4.69) is 17.1 Å². The summed E-state index contributed by atoms with van der Waals surface area (Å²) in [6, 6.07) is 0.777. The maximum Gasteiger partial charge on any atom is 0.234 e. The van der Waals surface area contributed by atoms with Crippen molar-refractivity contribution in [2.45, 2.75) is 64.6 Å². The Bertz CT molecular complexity index is 248. The van der Waals surface area contributed by atoms with Crippen LogP contribution in [0.15, 0.2) is 0 Å². The molecule has 0 spiro atoms. The van der Waals surface area contributed by atoms with Crippen LogP contribution in [0.3, 0.4) is 0 Å². The van der Waals surface area contributed by atoms with Crippen LogP contribution < -0.4 is 11.1 Å². The lowest BCUT2D eigenvalue weighted by Gasteiger charge is -2.37. The van der Waals surface area contributed by atoms with E-state index in [1.807, 2.05) is 13.8 Å². The van der Waals surface area contributed by atoms with Gasteiger partial charge in [-0.05, 0) is 39.7 Å². The SMILES string of the molecule is CCC(C)NC(=O)CN1CCCCC1C(C)N.Cl. The number of amides is 1. The van der Waals surface area contributed by atoms with E-state index in [4.69, 9.17) is 5.73 Å². The van der Waals surface area contributed by atoms with Gasteiger partial charge in [-0.1, -0.05) is 13.3 Å². The third kappa shape index (κ3) is 5.55. The summed E-state index contributed by atoms with van der Waals surface area (Å²) in [7, 11) is 0. The molecule has 0 aromatic rings. The summed E-state index contributed by atoms with van der Waals surface area (Å²) in [6.45, 7) is 7.65. The van der Waals surface area contributed by atoms with Gasteiger partial charge in [0.2, 0.25) is 5.91 Å². The van der Waals surface area contributed by atoms with Crippen molar-refractivity contribution >= 4 is 18.3 Å². The van der Waals surface area contributed by atoms with Gasteiger partial charge in [-0.2, -0.15) is 0 Å². The Morgan fingerprint density at radius 2 is 2.11 bits per heavy atom. The predicted octanol–water partition coefficient (Wildman–Crippen LogP) is 1.52. The highest BCUT2D eigenvalue weighted by Gasteiger charge is 2.26. The molecule has 0 saturated carbocycles. The van der Waals surface area contributed by atoms with Crippen molar-refractivity contribution in [2.75, 3.05) is 13.1 Å². The highest BCUT2D eigenvalue weighted by atomic mass is 35.5. The van der Waals surface area contributed by atoms with E-state index < -0.39 is 0 Å². The minimum atomic E-state index is 0. The third-order valence-electron chi connectivity index (χ3n) is 3.64. The largest absolute Gasteiger partial charge is 0.353 e. The van der Waals surface area contributed by atoms with E-state index in [-0.39, 0.29) is 30.4 Å². The fourth-order valence-corrected chi connectivity index (χ4v) is 2.42. The Labute approximate surface area is 117 Å². The fourth-order valence-electron chi connectivity index (χ4n) is 2.42. The zero-order valence-corrected chi connectivity index (χ0v) is 12.6. The molecule has 1 rings (SSSR count). The number of rotatable bonds is 5. The number of piperidine rings is 1. The van der Waals surface area contributed by atoms with Gasteiger partial charge in [-0.3, -0.25) is 9.69 Å². The number of nitrogens with one attached hydrogen (secondary N) is 1. The molecule has 3 atom stereocenters. The first-order valence-corrected chi connectivity index (χ1v) is 6.83. The maximum absolute atomic E-state index is 11.9. The molecule has 1 saturated heterocycles. The number of carbonyl (C=O) groups excluding carboxylic acids is 1. The third-order valence-corrected chi connectivity index (χ3v) is 3.64. The zero-order chi connectivity index (χ0) is 12.8. The van der Waals surface area contributed by atoms with Crippen LogP contribution in [-0.4, -0.2) is 42.0 Å². The van der Waals surface area contributed by atoms with Crippen LogP contribution in [0.25, 0.3) is 0 Å². The van der Waals surface area contributed by atoms with Crippen molar-refractivity contribution in [3.8, 4) is 0 Å². The summed E-state index contributed by atoms with van der Waals surface area (Å²) in [5.74, 6) is 0.131. The van der Waals surface area contributed by atoms with E-state index in [0.717, 1.165) is 19.4 Å². The second-order valence-electron chi connectivity index (χ2n) is 5.27. The molecular weight excluding hydrogens is 250 g/mol. The predicted molar refractivity (Wildman–Crippen MR) is 78.0 cm³/mol. The molecule has 1 amide bonds. The first-order valence-electron chi connectivity index (χ1n) is 6.83. The van der Waals surface area contributed by atoms with Gasteiger partial charge >= 0.3 is 0 Å². The Balaban J connectivity index is 0.00000289. The number of hydrogen-bond donors (Lipinski definition) is 2. The van der Waals surface area contributed by atoms with Crippen LogP contribution in [0.5, 0.6) is 0 Å². The van der Waals surface area contributed by atoms with Gasteiger partial charge in [0.15, 0.2) is 0 Å². The molecule has 1 aliphatic heterocycles. The van der Waals surface area contributed by atoms with Crippen molar-refractivity contribution in [3.63, 3.8) is 0 Å². The summed E-state index contributed by atoms with van der Waals surface area (Å²) in [5, 5.41) is 3.01. The molecule has 0 bridgehead atoms. The molecular formula is C13H28ClN3O. The normalized spacial score (nSPS) is 23.9. The van der Waals surface area contributed by atoms with Gasteiger partial charge in [-0.15, -0.1) is 12.4 Å². The first kappa shape index (κ1) is 17.7. The maximum atomic E-state index is 11.9. The molecule has 0 aromatic carbocycles. The number of nitrogens with two attached hydrogens (primary N) is 1. The molecule has 5 heteroatoms. The molecule has 1 fully saturated rings. The van der Waals surface area contributed by atoms with Crippen LogP contribution in [0.2, 0.25) is 0 Å². The molecule has 108 valence electrons. The van der Waals surface area contributed by atoms with E-state index >= 15 is 0 Å². The molecule has 3 N–H and O–H groups in total. The van der Waals surface area contributed by atoms with E-state index in [1.165, 1.54) is 12.8 Å². The van der Waals surface area contributed by atoms with Crippen molar-refractivity contribution in [1.29, 1.82) is 0 Å². The molecule has 4 nitrogen and oxygen atoms in total. The van der Waals surface area contributed by atoms with Crippen LogP contribution >= 0.6 is 12.4 Å². The number of hydrogen-bond acceptors (Lipinski definition) is 3. The average Bonchev–Trinajstić information content (AvgIpc) is 2.29. The molecule has 0 radical (unpaired) electrons. The van der Waals surface area contributed by atoms with Gasteiger partial charge in [0.1, 0.15) is 0 Å². The molecule has 18 heavy (non-hydrogen) atoms. The average molecular weight is 278 g/mol. The summed E-state index contributed by atoms with van der Waals surface area (Å²) < 4.78 is 0. The van der Waals surface area contributed by atoms with Crippen molar-refractivity contribution in [1.82, 2.24) is 10.2 Å². The minimum absolute atomic E-state index is 0. The van der Waals surface area contributed by atoms with Gasteiger partial charge in [0.05, 0.1) is 6.54 Å². The summed E-state index contributed by atoms with van der Waals surface area (Å²) in [6.07, 6.45) is 4.51. The molecule has 0 aromatic heterocycles. The monoisotopic (exact) mass is 277 g/mol. The number of likely N-dealkylation sites (tertiary alicyclic amines) is 1. The van der Waals surface area contributed by atoms with Crippen LogP contribution in [0.1, 0.15) is 46.5 Å². The first-order chi connectivity index (χ1) is 8.04. The molecule has 1 aliphatic rings. The van der Waals surface area contributed by atoms with Crippen LogP contribution in [-0.2, 0) is 4.79 Å². The molecule has 3 unspecified atom stereocenters. The standard InChI is InChI=1S/C13H27N3O.ClH/c1-4-10(2)15-13(17)9-16-8-6-5-7-12(16)11(3)14;/h10-12H,4-9,14H2,1-3H3,(H,15,17);1H. The lowest BCUT2D eigenvalue weighted by Crippen LogP contribution is -2.52. The lowest BCUT2D eigenvalue weighted by atomic mass is 9.97. The zero-order valence-electron chi connectivity index (χ0n) is 11.8. The van der Waals surface area contributed by atoms with Gasteiger partial charge in [0, 0.05) is 18.1 Å². The fraction of sp³-hybridized carbons (Fsp3) is 0.923. The Kier molecular flexibility index (Phi) is 8.57. The van der Waals surface area contributed by atoms with Crippen LogP contribution in [0, 0.1) is 0 Å². The highest BCUT2D eigenvalue weighted by molar-refractivity contribution is 5.85. The van der Waals surface area contributed by atoms with Gasteiger partial charge in [0.25, 0.3) is 0 Å². The van der Waals surface area contributed by atoms with E-state index in [9.17, 15) is 4.79 Å². The number of carbonyl (C=O) groups is 1. The second-order valence-corrected chi connectivity index (χ2v) is 5.27. The van der Waals surface area contributed by atoms with Gasteiger partial charge < -0.3 is 11.1 Å². The Morgan fingerprint density at radius 1 is 1.44 bits per heavy atom. The number of halogens is 1. The van der Waals surface area contributed by atoms with E-state index in [0.29, 0.717) is 12.6 Å². The molecule has 0 aliphatic carbocycles. The quantitative estimate of drug-likeness (QED) is 0.801. The van der Waals surface area contributed by atoms with Crippen LogP contribution in [0.4, 0.5) is 0 Å². The van der Waals surface area contributed by atoms with E-state index in [1.54, 1.807) is 0 Å². The Morgan fingerprint density at radius 3 is 2.67 bits per heavy atom. The smallest absolute Gasteiger partial charge is 0.234 e. The summed E-state index contributed by atoms with van der Waals surface area (Å²) in [5.41, 5.74) is 5.99. The summed E-state index contributed by atoms with van der Waals surface area (Å²) in [4.78, 5) is 14.1. The number of nitrogens with zero attached hydrogens (tertiary/aromatic N) is 1. The van der Waals surface area contributed by atoms with Gasteiger partial charge in [-0.25, -0.2) is 0 Å².